The van der Waals surface area contributed by atoms with Gasteiger partial charge in [0.2, 0.25) is 0 Å². The predicted octanol–water partition coefficient (Wildman–Crippen LogP) is 2.26. The van der Waals surface area contributed by atoms with Gasteiger partial charge in [0.05, 0.1) is 16.9 Å². The summed E-state index contributed by atoms with van der Waals surface area (Å²) >= 11 is 0. The summed E-state index contributed by atoms with van der Waals surface area (Å²) in [7, 11) is 0. The molecule has 0 radical (unpaired) electrons. The molecule has 0 amide bonds. The van der Waals surface area contributed by atoms with Gasteiger partial charge < -0.3 is 15.5 Å². The standard InChI is InChI=1S/C11H15N3/c1-3-13-11-8(2)14-7-5-4-6-9(14)10(11)12/h4-7,13H,3,12H2,1-2H3. The summed E-state index contributed by atoms with van der Waals surface area (Å²) in [4.78, 5) is 0. The molecule has 3 nitrogen and oxygen atoms in total. The van der Waals surface area contributed by atoms with Crippen LogP contribution in [0.5, 0.6) is 0 Å². The van der Waals surface area contributed by atoms with Crippen molar-refractivity contribution in [3.63, 3.8) is 0 Å². The average Bonchev–Trinajstić information content (AvgIpc) is 2.45. The first-order chi connectivity index (χ1) is 6.75. The SMILES string of the molecule is CCNc1c(N)c2ccccn2c1C. The van der Waals surface area contributed by atoms with Crippen molar-refractivity contribution in [2.45, 2.75) is 13.8 Å². The van der Waals surface area contributed by atoms with Gasteiger partial charge in [-0.3, -0.25) is 0 Å². The zero-order valence-corrected chi connectivity index (χ0v) is 8.54. The summed E-state index contributed by atoms with van der Waals surface area (Å²) in [6.45, 7) is 5.03. The highest BCUT2D eigenvalue weighted by Crippen LogP contribution is 2.30. The minimum Gasteiger partial charge on any atom is -0.395 e. The van der Waals surface area contributed by atoms with E-state index in [0.29, 0.717) is 0 Å². The van der Waals surface area contributed by atoms with E-state index in [4.69, 9.17) is 5.73 Å². The number of hydrogen-bond acceptors (Lipinski definition) is 2. The molecule has 0 atom stereocenters. The second kappa shape index (κ2) is 3.25. The van der Waals surface area contributed by atoms with Crippen LogP contribution in [-0.2, 0) is 0 Å². The Labute approximate surface area is 83.5 Å². The second-order valence-corrected chi connectivity index (χ2v) is 3.36. The topological polar surface area (TPSA) is 42.5 Å². The van der Waals surface area contributed by atoms with Crippen molar-refractivity contribution in [3.05, 3.63) is 30.1 Å². The normalized spacial score (nSPS) is 10.7. The molecular formula is C11H15N3. The molecule has 0 aliphatic carbocycles. The molecule has 0 saturated heterocycles. The van der Waals surface area contributed by atoms with Crippen molar-refractivity contribution in [3.8, 4) is 0 Å². The van der Waals surface area contributed by atoms with Crippen LogP contribution in [0.25, 0.3) is 5.52 Å². The van der Waals surface area contributed by atoms with Crippen LogP contribution in [0.4, 0.5) is 11.4 Å². The van der Waals surface area contributed by atoms with Gasteiger partial charge in [0.15, 0.2) is 0 Å². The molecule has 0 aromatic carbocycles. The van der Waals surface area contributed by atoms with Crippen molar-refractivity contribution in [2.24, 2.45) is 0 Å². The van der Waals surface area contributed by atoms with E-state index < -0.39 is 0 Å². The molecule has 0 aliphatic rings. The molecule has 0 spiro atoms. The molecule has 0 aliphatic heterocycles. The first-order valence-corrected chi connectivity index (χ1v) is 4.84. The lowest BCUT2D eigenvalue weighted by Gasteiger charge is -2.02. The molecule has 0 bridgehead atoms. The molecule has 14 heavy (non-hydrogen) atoms. The number of anilines is 2. The number of aromatic nitrogens is 1. The Hall–Kier alpha value is -1.64. The summed E-state index contributed by atoms with van der Waals surface area (Å²) in [6.07, 6.45) is 2.03. The quantitative estimate of drug-likeness (QED) is 0.761. The lowest BCUT2D eigenvalue weighted by molar-refractivity contribution is 1.10. The maximum Gasteiger partial charge on any atom is 0.0812 e. The predicted molar refractivity (Wildman–Crippen MR) is 60.7 cm³/mol. The molecule has 3 N–H and O–H groups in total. The van der Waals surface area contributed by atoms with E-state index in [1.807, 2.05) is 24.4 Å². The summed E-state index contributed by atoms with van der Waals surface area (Å²) in [5.74, 6) is 0. The van der Waals surface area contributed by atoms with Crippen molar-refractivity contribution in [2.75, 3.05) is 17.6 Å². The van der Waals surface area contributed by atoms with Gasteiger partial charge in [-0.2, -0.15) is 0 Å². The Morgan fingerprint density at radius 2 is 2.21 bits per heavy atom. The van der Waals surface area contributed by atoms with Gasteiger partial charge >= 0.3 is 0 Å². The number of rotatable bonds is 2. The van der Waals surface area contributed by atoms with Crippen LogP contribution in [0.15, 0.2) is 24.4 Å². The van der Waals surface area contributed by atoms with Gasteiger partial charge in [-0.25, -0.2) is 0 Å². The van der Waals surface area contributed by atoms with Crippen LogP contribution in [0.3, 0.4) is 0 Å². The van der Waals surface area contributed by atoms with Crippen LogP contribution in [0, 0.1) is 6.92 Å². The maximum absolute atomic E-state index is 6.04. The van der Waals surface area contributed by atoms with Crippen molar-refractivity contribution in [1.29, 1.82) is 0 Å². The van der Waals surface area contributed by atoms with Crippen LogP contribution >= 0.6 is 0 Å². The third-order valence-electron chi connectivity index (χ3n) is 2.48. The van der Waals surface area contributed by atoms with Crippen LogP contribution in [0.1, 0.15) is 12.6 Å². The number of nitrogen functional groups attached to an aromatic ring is 1. The van der Waals surface area contributed by atoms with E-state index >= 15 is 0 Å². The lowest BCUT2D eigenvalue weighted by Crippen LogP contribution is -1.99. The van der Waals surface area contributed by atoms with Crippen molar-refractivity contribution < 1.29 is 0 Å². The largest absolute Gasteiger partial charge is 0.395 e. The Kier molecular flexibility index (Phi) is 2.08. The average molecular weight is 189 g/mol. The lowest BCUT2D eigenvalue weighted by atomic mass is 10.3. The number of aryl methyl sites for hydroxylation is 1. The Balaban J connectivity index is 2.72. The van der Waals surface area contributed by atoms with E-state index in [2.05, 4.69) is 23.6 Å². The van der Waals surface area contributed by atoms with E-state index in [1.165, 1.54) is 5.69 Å². The van der Waals surface area contributed by atoms with Crippen LogP contribution in [0.2, 0.25) is 0 Å². The number of pyridine rings is 1. The van der Waals surface area contributed by atoms with Gasteiger partial charge in [-0.1, -0.05) is 6.07 Å². The van der Waals surface area contributed by atoms with E-state index in [9.17, 15) is 0 Å². The third-order valence-corrected chi connectivity index (χ3v) is 2.48. The fraction of sp³-hybridized carbons (Fsp3) is 0.273. The molecule has 0 unspecified atom stereocenters. The monoisotopic (exact) mass is 189 g/mol. The van der Waals surface area contributed by atoms with Crippen molar-refractivity contribution in [1.82, 2.24) is 4.40 Å². The second-order valence-electron chi connectivity index (χ2n) is 3.36. The zero-order valence-electron chi connectivity index (χ0n) is 8.54. The van der Waals surface area contributed by atoms with Crippen molar-refractivity contribution >= 4 is 16.9 Å². The molecule has 3 heteroatoms. The first kappa shape index (κ1) is 8.94. The fourth-order valence-electron chi connectivity index (χ4n) is 1.80. The van der Waals surface area contributed by atoms with E-state index in [0.717, 1.165) is 23.4 Å². The van der Waals surface area contributed by atoms with Gasteiger partial charge in [-0.15, -0.1) is 0 Å². The molecule has 2 rings (SSSR count). The number of nitrogens with two attached hydrogens (primary N) is 1. The highest BCUT2D eigenvalue weighted by molar-refractivity contribution is 5.86. The summed E-state index contributed by atoms with van der Waals surface area (Å²) in [5.41, 5.74) is 10.2. The highest BCUT2D eigenvalue weighted by atomic mass is 15.0. The van der Waals surface area contributed by atoms with Crippen LogP contribution < -0.4 is 11.1 Å². The van der Waals surface area contributed by atoms with Gasteiger partial charge in [-0.05, 0) is 26.0 Å². The van der Waals surface area contributed by atoms with E-state index in [-0.39, 0.29) is 0 Å². The van der Waals surface area contributed by atoms with Crippen LogP contribution in [-0.4, -0.2) is 10.9 Å². The Morgan fingerprint density at radius 3 is 2.86 bits per heavy atom. The molecule has 2 aromatic rings. The molecule has 0 fully saturated rings. The smallest absolute Gasteiger partial charge is 0.0812 e. The van der Waals surface area contributed by atoms with E-state index in [1.54, 1.807) is 0 Å². The molecular weight excluding hydrogens is 174 g/mol. The number of fused-ring (bicyclic) bond motifs is 1. The Bertz CT molecular complexity index is 418. The minimum absolute atomic E-state index is 0.838. The summed E-state index contributed by atoms with van der Waals surface area (Å²) in [5, 5.41) is 3.29. The third kappa shape index (κ3) is 1.13. The number of hydrogen-bond donors (Lipinski definition) is 2. The first-order valence-electron chi connectivity index (χ1n) is 4.84. The molecule has 2 aromatic heterocycles. The van der Waals surface area contributed by atoms with Gasteiger partial charge in [0.1, 0.15) is 0 Å². The maximum atomic E-state index is 6.04. The number of nitrogens with one attached hydrogen (secondary N) is 1. The molecule has 0 saturated carbocycles. The summed E-state index contributed by atoms with van der Waals surface area (Å²) in [6, 6.07) is 6.04. The molecule has 2 heterocycles. The summed E-state index contributed by atoms with van der Waals surface area (Å²) < 4.78 is 2.10. The minimum atomic E-state index is 0.838. The van der Waals surface area contributed by atoms with Gasteiger partial charge in [0.25, 0.3) is 0 Å². The number of nitrogens with zero attached hydrogens (tertiary/aromatic N) is 1. The highest BCUT2D eigenvalue weighted by Gasteiger charge is 2.10. The molecule has 74 valence electrons. The van der Waals surface area contributed by atoms with Gasteiger partial charge in [0, 0.05) is 18.4 Å². The fourth-order valence-corrected chi connectivity index (χ4v) is 1.80. The zero-order chi connectivity index (χ0) is 10.1. The Morgan fingerprint density at radius 1 is 1.43 bits per heavy atom.